The predicted octanol–water partition coefficient (Wildman–Crippen LogP) is 3.49. The second kappa shape index (κ2) is 5.09. The lowest BCUT2D eigenvalue weighted by Crippen LogP contribution is -2.33. The topological polar surface area (TPSA) is 21.3 Å². The van der Waals surface area contributed by atoms with E-state index < -0.39 is 0 Å². The molecular weight excluding hydrogens is 210 g/mol. The highest BCUT2D eigenvalue weighted by Gasteiger charge is 2.27. The van der Waals surface area contributed by atoms with Crippen molar-refractivity contribution in [3.05, 3.63) is 29.3 Å². The Morgan fingerprint density at radius 2 is 2.18 bits per heavy atom. The Labute approximate surface area is 104 Å². The molecule has 2 heteroatoms. The molecule has 1 aromatic carbocycles. The Kier molecular flexibility index (Phi) is 3.72. The van der Waals surface area contributed by atoms with E-state index in [-0.39, 0.29) is 0 Å². The second-order valence-corrected chi connectivity index (χ2v) is 5.45. The van der Waals surface area contributed by atoms with Crippen LogP contribution in [0.2, 0.25) is 0 Å². The number of hydrogen-bond donors (Lipinski definition) is 1. The van der Waals surface area contributed by atoms with E-state index in [1.165, 1.54) is 17.5 Å². The highest BCUT2D eigenvalue weighted by Crippen LogP contribution is 2.38. The molecule has 1 heterocycles. The molecule has 0 bridgehead atoms. The molecular formula is C15H23NO. The molecule has 0 saturated carbocycles. The Morgan fingerprint density at radius 1 is 1.41 bits per heavy atom. The summed E-state index contributed by atoms with van der Waals surface area (Å²) in [5.41, 5.74) is 2.83. The molecule has 0 fully saturated rings. The van der Waals surface area contributed by atoms with Crippen molar-refractivity contribution in [1.29, 1.82) is 0 Å². The molecule has 2 rings (SSSR count). The van der Waals surface area contributed by atoms with E-state index >= 15 is 0 Å². The van der Waals surface area contributed by atoms with E-state index in [1.807, 2.05) is 0 Å². The molecule has 94 valence electrons. The van der Waals surface area contributed by atoms with E-state index in [4.69, 9.17) is 4.74 Å². The minimum absolute atomic E-state index is 0.483. The van der Waals surface area contributed by atoms with E-state index in [0.717, 1.165) is 12.3 Å². The summed E-state index contributed by atoms with van der Waals surface area (Å²) in [5.74, 6) is 2.29. The van der Waals surface area contributed by atoms with Crippen molar-refractivity contribution in [3.63, 3.8) is 0 Å². The molecule has 1 aromatic rings. The molecule has 0 amide bonds. The lowest BCUT2D eigenvalue weighted by molar-refractivity contribution is 0.370. The first kappa shape index (κ1) is 12.4. The third-order valence-corrected chi connectivity index (χ3v) is 3.57. The van der Waals surface area contributed by atoms with Gasteiger partial charge in [-0.1, -0.05) is 32.9 Å². The van der Waals surface area contributed by atoms with Crippen LogP contribution in [0.25, 0.3) is 0 Å². The van der Waals surface area contributed by atoms with Crippen molar-refractivity contribution in [2.75, 3.05) is 13.7 Å². The van der Waals surface area contributed by atoms with Crippen molar-refractivity contribution in [1.82, 2.24) is 5.32 Å². The second-order valence-electron chi connectivity index (χ2n) is 5.45. The van der Waals surface area contributed by atoms with Crippen molar-refractivity contribution < 1.29 is 4.74 Å². The quantitative estimate of drug-likeness (QED) is 0.863. The summed E-state index contributed by atoms with van der Waals surface area (Å²) in [5, 5.41) is 3.65. The Bertz CT molecular complexity index is 387. The maximum absolute atomic E-state index is 5.51. The largest absolute Gasteiger partial charge is 0.496 e. The third kappa shape index (κ3) is 2.47. The minimum Gasteiger partial charge on any atom is -0.496 e. The fourth-order valence-electron chi connectivity index (χ4n) is 2.78. The highest BCUT2D eigenvalue weighted by atomic mass is 16.5. The maximum Gasteiger partial charge on any atom is 0.122 e. The standard InChI is InChI=1S/C15H23NO/c1-10(2)8-13-12-6-5-7-14(17-4)15(12)11(3)9-16-13/h5-7,10-11,13,16H,8-9H2,1-4H3. The van der Waals surface area contributed by atoms with Crippen LogP contribution in [0.15, 0.2) is 18.2 Å². The average Bonchev–Trinajstić information content (AvgIpc) is 2.31. The zero-order valence-corrected chi connectivity index (χ0v) is 11.3. The lowest BCUT2D eigenvalue weighted by Gasteiger charge is -2.33. The minimum atomic E-state index is 0.483. The summed E-state index contributed by atoms with van der Waals surface area (Å²) in [7, 11) is 1.77. The van der Waals surface area contributed by atoms with Crippen molar-refractivity contribution >= 4 is 0 Å². The van der Waals surface area contributed by atoms with Gasteiger partial charge in [0.05, 0.1) is 7.11 Å². The van der Waals surface area contributed by atoms with Gasteiger partial charge in [-0.15, -0.1) is 0 Å². The SMILES string of the molecule is COc1cccc2c1C(C)CNC2CC(C)C. The van der Waals surface area contributed by atoms with Gasteiger partial charge in [0.2, 0.25) is 0 Å². The summed E-state index contributed by atoms with van der Waals surface area (Å²) in [4.78, 5) is 0. The zero-order chi connectivity index (χ0) is 12.4. The molecule has 2 nitrogen and oxygen atoms in total. The van der Waals surface area contributed by atoms with Crippen molar-refractivity contribution in [3.8, 4) is 5.75 Å². The smallest absolute Gasteiger partial charge is 0.122 e. The lowest BCUT2D eigenvalue weighted by atomic mass is 9.84. The van der Waals surface area contributed by atoms with E-state index in [1.54, 1.807) is 7.11 Å². The van der Waals surface area contributed by atoms with E-state index in [9.17, 15) is 0 Å². The highest BCUT2D eigenvalue weighted by molar-refractivity contribution is 5.45. The van der Waals surface area contributed by atoms with Crippen LogP contribution < -0.4 is 10.1 Å². The van der Waals surface area contributed by atoms with Gasteiger partial charge in [-0.05, 0) is 29.9 Å². The van der Waals surface area contributed by atoms with Crippen molar-refractivity contribution in [2.45, 2.75) is 39.2 Å². The fraction of sp³-hybridized carbons (Fsp3) is 0.600. The predicted molar refractivity (Wildman–Crippen MR) is 71.6 cm³/mol. The maximum atomic E-state index is 5.51. The van der Waals surface area contributed by atoms with Gasteiger partial charge in [-0.25, -0.2) is 0 Å². The molecule has 2 atom stereocenters. The molecule has 0 radical (unpaired) electrons. The fourth-order valence-corrected chi connectivity index (χ4v) is 2.78. The molecule has 0 aliphatic carbocycles. The van der Waals surface area contributed by atoms with Gasteiger partial charge in [0.25, 0.3) is 0 Å². The summed E-state index contributed by atoms with van der Waals surface area (Å²) in [6, 6.07) is 6.90. The first-order valence-electron chi connectivity index (χ1n) is 6.53. The van der Waals surface area contributed by atoms with Crippen LogP contribution in [0.5, 0.6) is 5.75 Å². The van der Waals surface area contributed by atoms with E-state index in [0.29, 0.717) is 17.9 Å². The van der Waals surface area contributed by atoms with Gasteiger partial charge in [0, 0.05) is 18.2 Å². The van der Waals surface area contributed by atoms with Gasteiger partial charge >= 0.3 is 0 Å². The van der Waals surface area contributed by atoms with Gasteiger partial charge in [0.15, 0.2) is 0 Å². The number of rotatable bonds is 3. The van der Waals surface area contributed by atoms with Gasteiger partial charge in [-0.2, -0.15) is 0 Å². The number of hydrogen-bond acceptors (Lipinski definition) is 2. The van der Waals surface area contributed by atoms with Gasteiger partial charge in [-0.3, -0.25) is 0 Å². The summed E-state index contributed by atoms with van der Waals surface area (Å²) in [6.45, 7) is 7.86. The normalized spacial score (nSPS) is 23.6. The molecule has 1 aliphatic heterocycles. The molecule has 0 saturated heterocycles. The van der Waals surface area contributed by atoms with Crippen molar-refractivity contribution in [2.24, 2.45) is 5.92 Å². The summed E-state index contributed by atoms with van der Waals surface area (Å²) >= 11 is 0. The number of benzene rings is 1. The molecule has 17 heavy (non-hydrogen) atoms. The Morgan fingerprint density at radius 3 is 2.82 bits per heavy atom. The van der Waals surface area contributed by atoms with Gasteiger partial charge in [0.1, 0.15) is 5.75 Å². The van der Waals surface area contributed by atoms with Crippen LogP contribution in [-0.2, 0) is 0 Å². The number of methoxy groups -OCH3 is 1. The van der Waals surface area contributed by atoms with Crippen LogP contribution in [-0.4, -0.2) is 13.7 Å². The van der Waals surface area contributed by atoms with Crippen LogP contribution in [0.1, 0.15) is 50.3 Å². The molecule has 0 aromatic heterocycles. The number of ether oxygens (including phenoxy) is 1. The summed E-state index contributed by atoms with van der Waals surface area (Å²) in [6.07, 6.45) is 1.19. The van der Waals surface area contributed by atoms with Crippen LogP contribution >= 0.6 is 0 Å². The zero-order valence-electron chi connectivity index (χ0n) is 11.3. The third-order valence-electron chi connectivity index (χ3n) is 3.57. The van der Waals surface area contributed by atoms with Crippen LogP contribution in [0, 0.1) is 5.92 Å². The molecule has 2 unspecified atom stereocenters. The van der Waals surface area contributed by atoms with Gasteiger partial charge < -0.3 is 10.1 Å². The monoisotopic (exact) mass is 233 g/mol. The average molecular weight is 233 g/mol. The molecule has 1 N–H and O–H groups in total. The van der Waals surface area contributed by atoms with E-state index in [2.05, 4.69) is 44.3 Å². The molecule has 1 aliphatic rings. The molecule has 0 spiro atoms. The first-order chi connectivity index (χ1) is 8.13. The number of nitrogens with one attached hydrogen (secondary N) is 1. The van der Waals surface area contributed by atoms with Crippen LogP contribution in [0.3, 0.4) is 0 Å². The first-order valence-corrected chi connectivity index (χ1v) is 6.53. The van der Waals surface area contributed by atoms with Crippen LogP contribution in [0.4, 0.5) is 0 Å². The Hall–Kier alpha value is -1.02. The number of fused-ring (bicyclic) bond motifs is 1. The summed E-state index contributed by atoms with van der Waals surface area (Å²) < 4.78 is 5.51. The Balaban J connectivity index is 2.39.